The van der Waals surface area contributed by atoms with Gasteiger partial charge in [-0.2, -0.15) is 11.8 Å². The zero-order valence-corrected chi connectivity index (χ0v) is 12.3. The second-order valence-corrected chi connectivity index (χ2v) is 7.06. The molecule has 0 aliphatic heterocycles. The van der Waals surface area contributed by atoms with E-state index in [1.807, 2.05) is 6.92 Å². The van der Waals surface area contributed by atoms with Crippen molar-refractivity contribution >= 4 is 11.8 Å². The van der Waals surface area contributed by atoms with Crippen LogP contribution in [-0.2, 0) is 0 Å². The molecule has 2 nitrogen and oxygen atoms in total. The zero-order valence-electron chi connectivity index (χ0n) is 11.5. The normalized spacial score (nSPS) is 28.9. The smallest absolute Gasteiger partial charge is 0.0767 e. The molecule has 102 valence electrons. The first-order valence-electron chi connectivity index (χ1n) is 7.13. The average molecular weight is 259 g/mol. The van der Waals surface area contributed by atoms with Crippen LogP contribution in [0.15, 0.2) is 0 Å². The minimum atomic E-state index is -0.611. The maximum Gasteiger partial charge on any atom is 0.0767 e. The molecule has 17 heavy (non-hydrogen) atoms. The van der Waals surface area contributed by atoms with Crippen molar-refractivity contribution in [3.05, 3.63) is 0 Å². The van der Waals surface area contributed by atoms with E-state index in [0.717, 1.165) is 30.4 Å². The van der Waals surface area contributed by atoms with E-state index in [9.17, 15) is 5.11 Å². The van der Waals surface area contributed by atoms with E-state index in [1.54, 1.807) is 0 Å². The number of thioether (sulfide) groups is 1. The third-order valence-electron chi connectivity index (χ3n) is 4.07. The van der Waals surface area contributed by atoms with Gasteiger partial charge in [0.25, 0.3) is 0 Å². The highest BCUT2D eigenvalue weighted by molar-refractivity contribution is 7.99. The van der Waals surface area contributed by atoms with Gasteiger partial charge in [-0.3, -0.25) is 0 Å². The molecular weight excluding hydrogens is 230 g/mol. The Bertz CT molecular complexity index is 206. The lowest BCUT2D eigenvalue weighted by atomic mass is 9.91. The minimum Gasteiger partial charge on any atom is -0.389 e. The minimum absolute atomic E-state index is 0.397. The van der Waals surface area contributed by atoms with Crippen molar-refractivity contribution in [3.63, 3.8) is 0 Å². The lowest BCUT2D eigenvalue weighted by Gasteiger charge is -2.27. The van der Waals surface area contributed by atoms with Gasteiger partial charge in [0.1, 0.15) is 0 Å². The summed E-state index contributed by atoms with van der Waals surface area (Å²) in [5.74, 6) is 2.09. The number of hydrogen-bond acceptors (Lipinski definition) is 3. The van der Waals surface area contributed by atoms with E-state index in [-0.39, 0.29) is 0 Å². The van der Waals surface area contributed by atoms with E-state index >= 15 is 0 Å². The molecule has 0 heterocycles. The van der Waals surface area contributed by atoms with Gasteiger partial charge in [-0.25, -0.2) is 0 Å². The molecule has 0 radical (unpaired) electrons. The zero-order chi connectivity index (χ0) is 12.7. The molecule has 1 aliphatic carbocycles. The first-order chi connectivity index (χ1) is 8.09. The van der Waals surface area contributed by atoms with E-state index in [4.69, 9.17) is 5.73 Å². The summed E-state index contributed by atoms with van der Waals surface area (Å²) >= 11 is 2.11. The fraction of sp³-hybridized carbons (Fsp3) is 1.00. The monoisotopic (exact) mass is 259 g/mol. The molecular formula is C14H29NOS. The molecule has 0 bridgehead atoms. The Labute approximate surface area is 111 Å². The molecule has 1 saturated carbocycles. The summed E-state index contributed by atoms with van der Waals surface area (Å²) in [6, 6.07) is 0. The largest absolute Gasteiger partial charge is 0.389 e. The SMILES string of the molecule is CCC(O)(CN)CCCSC1CCCC(C)C1. The van der Waals surface area contributed by atoms with E-state index in [0.29, 0.717) is 6.54 Å². The molecule has 0 amide bonds. The van der Waals surface area contributed by atoms with Crippen LogP contribution in [0.5, 0.6) is 0 Å². The lowest BCUT2D eigenvalue weighted by molar-refractivity contribution is 0.0360. The molecule has 1 fully saturated rings. The molecule has 3 heteroatoms. The fourth-order valence-corrected chi connectivity index (χ4v) is 4.05. The predicted molar refractivity (Wildman–Crippen MR) is 77.4 cm³/mol. The number of rotatable bonds is 7. The Hall–Kier alpha value is 0.270. The Morgan fingerprint density at radius 2 is 2.18 bits per heavy atom. The van der Waals surface area contributed by atoms with Gasteiger partial charge in [0.05, 0.1) is 5.60 Å². The standard InChI is InChI=1S/C14H29NOS/c1-3-14(16,11-15)8-5-9-17-13-7-4-6-12(2)10-13/h12-13,16H,3-11,15H2,1-2H3. The van der Waals surface area contributed by atoms with Crippen LogP contribution in [0.4, 0.5) is 0 Å². The predicted octanol–water partition coefficient (Wildman–Crippen LogP) is 3.18. The highest BCUT2D eigenvalue weighted by Gasteiger charge is 2.23. The van der Waals surface area contributed by atoms with Crippen molar-refractivity contribution in [1.82, 2.24) is 0 Å². The average Bonchev–Trinajstić information content (AvgIpc) is 2.34. The number of hydrogen-bond donors (Lipinski definition) is 2. The molecule has 1 aliphatic rings. The lowest BCUT2D eigenvalue weighted by Crippen LogP contribution is -2.37. The summed E-state index contributed by atoms with van der Waals surface area (Å²) in [4.78, 5) is 0. The Kier molecular flexibility index (Phi) is 6.90. The summed E-state index contributed by atoms with van der Waals surface area (Å²) in [6.45, 7) is 4.79. The highest BCUT2D eigenvalue weighted by Crippen LogP contribution is 2.32. The maximum absolute atomic E-state index is 10.1. The second kappa shape index (κ2) is 7.65. The summed E-state index contributed by atoms with van der Waals surface area (Å²) < 4.78 is 0. The van der Waals surface area contributed by atoms with Crippen LogP contribution in [0.2, 0.25) is 0 Å². The van der Waals surface area contributed by atoms with Crippen molar-refractivity contribution in [2.24, 2.45) is 11.7 Å². The summed E-state index contributed by atoms with van der Waals surface area (Å²) in [6.07, 6.45) is 8.32. The summed E-state index contributed by atoms with van der Waals surface area (Å²) in [7, 11) is 0. The van der Waals surface area contributed by atoms with Gasteiger partial charge >= 0.3 is 0 Å². The molecule has 3 atom stereocenters. The molecule has 0 spiro atoms. The molecule has 1 rings (SSSR count). The van der Waals surface area contributed by atoms with E-state index in [2.05, 4.69) is 18.7 Å². The third-order valence-corrected chi connectivity index (χ3v) is 5.49. The van der Waals surface area contributed by atoms with Crippen LogP contribution in [-0.4, -0.2) is 28.3 Å². The van der Waals surface area contributed by atoms with Crippen molar-refractivity contribution < 1.29 is 5.11 Å². The van der Waals surface area contributed by atoms with Crippen LogP contribution in [0.25, 0.3) is 0 Å². The first-order valence-corrected chi connectivity index (χ1v) is 8.18. The van der Waals surface area contributed by atoms with Crippen LogP contribution < -0.4 is 5.73 Å². The third kappa shape index (κ3) is 5.62. The molecule has 0 aromatic heterocycles. The topological polar surface area (TPSA) is 46.2 Å². The van der Waals surface area contributed by atoms with Crippen LogP contribution in [0.3, 0.4) is 0 Å². The Morgan fingerprint density at radius 1 is 1.41 bits per heavy atom. The maximum atomic E-state index is 10.1. The van der Waals surface area contributed by atoms with Crippen LogP contribution in [0.1, 0.15) is 58.8 Å². The molecule has 3 N–H and O–H groups in total. The highest BCUT2D eigenvalue weighted by atomic mass is 32.2. The van der Waals surface area contributed by atoms with Gasteiger partial charge in [-0.1, -0.05) is 26.7 Å². The molecule has 0 aromatic rings. The van der Waals surface area contributed by atoms with Crippen LogP contribution >= 0.6 is 11.8 Å². The van der Waals surface area contributed by atoms with Crippen LogP contribution in [0, 0.1) is 5.92 Å². The van der Waals surface area contributed by atoms with E-state index < -0.39 is 5.60 Å². The van der Waals surface area contributed by atoms with Gasteiger partial charge < -0.3 is 10.8 Å². The van der Waals surface area contributed by atoms with E-state index in [1.165, 1.54) is 31.4 Å². The van der Waals surface area contributed by atoms with Crippen molar-refractivity contribution in [3.8, 4) is 0 Å². The molecule has 3 unspecified atom stereocenters. The van der Waals surface area contributed by atoms with Crippen molar-refractivity contribution in [2.45, 2.75) is 69.6 Å². The van der Waals surface area contributed by atoms with Gasteiger partial charge in [-0.05, 0) is 43.8 Å². The summed E-state index contributed by atoms with van der Waals surface area (Å²) in [5.41, 5.74) is 4.99. The van der Waals surface area contributed by atoms with Crippen molar-refractivity contribution in [1.29, 1.82) is 0 Å². The Morgan fingerprint density at radius 3 is 2.76 bits per heavy atom. The van der Waals surface area contributed by atoms with Gasteiger partial charge in [0, 0.05) is 11.8 Å². The second-order valence-electron chi connectivity index (χ2n) is 5.65. The summed E-state index contributed by atoms with van der Waals surface area (Å²) in [5, 5.41) is 10.9. The number of aliphatic hydroxyl groups is 1. The van der Waals surface area contributed by atoms with Gasteiger partial charge in [0.2, 0.25) is 0 Å². The molecule has 0 aromatic carbocycles. The fourth-order valence-electron chi connectivity index (χ4n) is 2.60. The first kappa shape index (κ1) is 15.3. The number of nitrogens with two attached hydrogens (primary N) is 1. The van der Waals surface area contributed by atoms with Gasteiger partial charge in [0.15, 0.2) is 0 Å². The Balaban J connectivity index is 2.11. The molecule has 0 saturated heterocycles. The van der Waals surface area contributed by atoms with Gasteiger partial charge in [-0.15, -0.1) is 0 Å². The quantitative estimate of drug-likeness (QED) is 0.690. The van der Waals surface area contributed by atoms with Crippen molar-refractivity contribution in [2.75, 3.05) is 12.3 Å².